The lowest BCUT2D eigenvalue weighted by atomic mass is 10.1. The average Bonchev–Trinajstić information content (AvgIpc) is 2.74. The fourth-order valence-corrected chi connectivity index (χ4v) is 2.47. The molecule has 1 fully saturated rings. The highest BCUT2D eigenvalue weighted by molar-refractivity contribution is 9.10. The fraction of sp³-hybridized carbons (Fsp3) is 0.333. The number of β-amino-alcohol motifs (C(OH)–C–C–N with tert-alkyl or cyclic N) is 1. The first-order valence-corrected chi connectivity index (χ1v) is 6.40. The molecule has 3 N–H and O–H groups in total. The Hall–Kier alpha value is -1.60. The lowest BCUT2D eigenvalue weighted by Crippen LogP contribution is -2.40. The highest BCUT2D eigenvalue weighted by atomic mass is 79.9. The van der Waals surface area contributed by atoms with E-state index >= 15 is 0 Å². The zero-order valence-corrected chi connectivity index (χ0v) is 11.4. The number of hydrogen-bond acceptors (Lipinski definition) is 4. The molecule has 0 radical (unpaired) electrons. The number of phenols is 1. The van der Waals surface area contributed by atoms with Gasteiger partial charge < -0.3 is 20.2 Å². The summed E-state index contributed by atoms with van der Waals surface area (Å²) in [5.74, 6) is -2.00. The van der Waals surface area contributed by atoms with E-state index < -0.39 is 24.0 Å². The molecule has 6 nitrogen and oxygen atoms in total. The number of aliphatic hydroxyl groups excluding tert-OH is 1. The first-order chi connectivity index (χ1) is 8.90. The quantitative estimate of drug-likeness (QED) is 0.746. The number of carboxylic acids is 1. The summed E-state index contributed by atoms with van der Waals surface area (Å²) >= 11 is 3.18. The van der Waals surface area contributed by atoms with Crippen molar-refractivity contribution in [3.63, 3.8) is 0 Å². The lowest BCUT2D eigenvalue weighted by Gasteiger charge is -2.21. The molecule has 1 saturated heterocycles. The van der Waals surface area contributed by atoms with Gasteiger partial charge in [0.2, 0.25) is 0 Å². The average molecular weight is 330 g/mol. The van der Waals surface area contributed by atoms with Crippen LogP contribution in [0.2, 0.25) is 0 Å². The Morgan fingerprint density at radius 3 is 2.68 bits per heavy atom. The fourth-order valence-electron chi connectivity index (χ4n) is 2.11. The molecule has 1 aliphatic rings. The summed E-state index contributed by atoms with van der Waals surface area (Å²) in [4.78, 5) is 24.4. The third-order valence-electron chi connectivity index (χ3n) is 3.01. The van der Waals surface area contributed by atoms with Crippen LogP contribution in [0.5, 0.6) is 5.75 Å². The number of aromatic hydroxyl groups is 1. The van der Waals surface area contributed by atoms with E-state index in [1.807, 2.05) is 0 Å². The maximum Gasteiger partial charge on any atom is 0.326 e. The summed E-state index contributed by atoms with van der Waals surface area (Å²) in [5.41, 5.74) is 0.00900. The topological polar surface area (TPSA) is 98.1 Å². The molecule has 0 aliphatic carbocycles. The van der Waals surface area contributed by atoms with Crippen molar-refractivity contribution < 1.29 is 24.9 Å². The van der Waals surface area contributed by atoms with Crippen LogP contribution in [0.3, 0.4) is 0 Å². The number of hydrogen-bond donors (Lipinski definition) is 3. The Morgan fingerprint density at radius 1 is 1.37 bits per heavy atom. The number of aliphatic hydroxyl groups is 1. The smallest absolute Gasteiger partial charge is 0.326 e. The van der Waals surface area contributed by atoms with Crippen LogP contribution in [-0.4, -0.2) is 50.8 Å². The largest absolute Gasteiger partial charge is 0.507 e. The van der Waals surface area contributed by atoms with E-state index in [4.69, 9.17) is 5.11 Å². The molecule has 0 bridgehead atoms. The number of amides is 1. The van der Waals surface area contributed by atoms with Crippen molar-refractivity contribution >= 4 is 27.8 Å². The van der Waals surface area contributed by atoms with Crippen molar-refractivity contribution in [1.29, 1.82) is 0 Å². The third-order valence-corrected chi connectivity index (χ3v) is 3.51. The van der Waals surface area contributed by atoms with Gasteiger partial charge in [-0.3, -0.25) is 4.79 Å². The minimum Gasteiger partial charge on any atom is -0.507 e. The predicted octanol–water partition coefficient (Wildman–Crippen LogP) is 0.815. The predicted molar refractivity (Wildman–Crippen MR) is 68.9 cm³/mol. The summed E-state index contributed by atoms with van der Waals surface area (Å²) in [5, 5.41) is 28.2. The minimum absolute atomic E-state index is 0.00413. The van der Waals surface area contributed by atoms with E-state index in [9.17, 15) is 19.8 Å². The maximum absolute atomic E-state index is 12.3. The molecule has 7 heteroatoms. The van der Waals surface area contributed by atoms with Crippen LogP contribution >= 0.6 is 15.9 Å². The van der Waals surface area contributed by atoms with Crippen LogP contribution < -0.4 is 0 Å². The van der Waals surface area contributed by atoms with Crippen molar-refractivity contribution in [2.45, 2.75) is 18.6 Å². The van der Waals surface area contributed by atoms with E-state index in [0.717, 1.165) is 4.90 Å². The number of aliphatic carboxylic acids is 1. The second-order valence-corrected chi connectivity index (χ2v) is 5.28. The highest BCUT2D eigenvalue weighted by Crippen LogP contribution is 2.27. The van der Waals surface area contributed by atoms with Gasteiger partial charge >= 0.3 is 5.97 Å². The van der Waals surface area contributed by atoms with Crippen LogP contribution in [0.25, 0.3) is 0 Å². The van der Waals surface area contributed by atoms with Crippen LogP contribution in [0.1, 0.15) is 16.8 Å². The molecule has 1 amide bonds. The molecule has 1 aromatic carbocycles. The monoisotopic (exact) mass is 329 g/mol. The normalized spacial score (nSPS) is 22.5. The van der Waals surface area contributed by atoms with Crippen LogP contribution in [0.4, 0.5) is 0 Å². The van der Waals surface area contributed by atoms with Gasteiger partial charge in [0, 0.05) is 17.4 Å². The number of rotatable bonds is 2. The van der Waals surface area contributed by atoms with Gasteiger partial charge in [-0.1, -0.05) is 15.9 Å². The molecule has 2 atom stereocenters. The molecular weight excluding hydrogens is 318 g/mol. The molecule has 0 aromatic heterocycles. The zero-order chi connectivity index (χ0) is 14.2. The van der Waals surface area contributed by atoms with Crippen molar-refractivity contribution in [1.82, 2.24) is 4.90 Å². The molecule has 1 aliphatic heterocycles. The summed E-state index contributed by atoms with van der Waals surface area (Å²) in [6.07, 6.45) is -0.866. The Bertz CT molecular complexity index is 533. The van der Waals surface area contributed by atoms with E-state index in [0.29, 0.717) is 4.47 Å². The molecule has 0 saturated carbocycles. The standard InChI is InChI=1S/C12H12BrNO5/c13-6-1-2-10(16)8(3-6)11(17)14-5-7(15)4-9(14)12(18)19/h1-3,7,9,15-16H,4-5H2,(H,18,19)/t7?,9-/m0/s1. The van der Waals surface area contributed by atoms with Gasteiger partial charge in [0.25, 0.3) is 5.91 Å². The van der Waals surface area contributed by atoms with E-state index in [2.05, 4.69) is 15.9 Å². The van der Waals surface area contributed by atoms with Gasteiger partial charge in [0.15, 0.2) is 0 Å². The molecule has 0 spiro atoms. The van der Waals surface area contributed by atoms with Crippen molar-refractivity contribution in [3.05, 3.63) is 28.2 Å². The number of benzene rings is 1. The van der Waals surface area contributed by atoms with Crippen LogP contribution in [0, 0.1) is 0 Å². The minimum atomic E-state index is -1.17. The summed E-state index contributed by atoms with van der Waals surface area (Å²) < 4.78 is 0.597. The van der Waals surface area contributed by atoms with Crippen LogP contribution in [0.15, 0.2) is 22.7 Å². The van der Waals surface area contributed by atoms with Gasteiger partial charge in [-0.15, -0.1) is 0 Å². The third kappa shape index (κ3) is 2.71. The number of halogens is 1. The maximum atomic E-state index is 12.3. The molecule has 1 heterocycles. The van der Waals surface area contributed by atoms with E-state index in [-0.39, 0.29) is 24.3 Å². The lowest BCUT2D eigenvalue weighted by molar-refractivity contribution is -0.141. The van der Waals surface area contributed by atoms with Gasteiger partial charge in [0.05, 0.1) is 11.7 Å². The first kappa shape index (κ1) is 13.8. The second kappa shape index (κ2) is 5.18. The number of carboxylic acid groups (broad SMARTS) is 1. The Morgan fingerprint density at radius 2 is 2.05 bits per heavy atom. The van der Waals surface area contributed by atoms with Crippen molar-refractivity contribution in [3.8, 4) is 5.75 Å². The van der Waals surface area contributed by atoms with Crippen molar-refractivity contribution in [2.24, 2.45) is 0 Å². The number of likely N-dealkylation sites (tertiary alicyclic amines) is 1. The second-order valence-electron chi connectivity index (χ2n) is 4.36. The number of phenolic OH excluding ortho intramolecular Hbond substituents is 1. The molecule has 1 unspecified atom stereocenters. The van der Waals surface area contributed by atoms with Gasteiger partial charge in [0.1, 0.15) is 11.8 Å². The molecule has 1 aromatic rings. The van der Waals surface area contributed by atoms with Gasteiger partial charge in [-0.2, -0.15) is 0 Å². The number of nitrogens with zero attached hydrogens (tertiary/aromatic N) is 1. The Kier molecular flexibility index (Phi) is 3.77. The SMILES string of the molecule is O=C(O)[C@@H]1CC(O)CN1C(=O)c1cc(Br)ccc1O. The van der Waals surface area contributed by atoms with Crippen LogP contribution in [-0.2, 0) is 4.79 Å². The highest BCUT2D eigenvalue weighted by Gasteiger charge is 2.39. The number of carbonyl (C=O) groups excluding carboxylic acids is 1. The Balaban J connectivity index is 2.33. The summed E-state index contributed by atoms with van der Waals surface area (Å²) in [7, 11) is 0. The molecule has 19 heavy (non-hydrogen) atoms. The van der Waals surface area contributed by atoms with Gasteiger partial charge in [-0.05, 0) is 18.2 Å². The van der Waals surface area contributed by atoms with E-state index in [1.54, 1.807) is 6.07 Å². The molecular formula is C12H12BrNO5. The van der Waals surface area contributed by atoms with E-state index in [1.165, 1.54) is 12.1 Å². The summed E-state index contributed by atoms with van der Waals surface area (Å²) in [6, 6.07) is 3.27. The van der Waals surface area contributed by atoms with Crippen molar-refractivity contribution in [2.75, 3.05) is 6.54 Å². The van der Waals surface area contributed by atoms with Gasteiger partial charge in [-0.25, -0.2) is 4.79 Å². The molecule has 2 rings (SSSR count). The number of carbonyl (C=O) groups is 2. The molecule has 102 valence electrons. The first-order valence-electron chi connectivity index (χ1n) is 5.60. The Labute approximate surface area is 117 Å². The summed E-state index contributed by atoms with van der Waals surface area (Å²) in [6.45, 7) is -0.0538. The zero-order valence-electron chi connectivity index (χ0n) is 9.78.